The number of amides is 1. The van der Waals surface area contributed by atoms with Crippen molar-refractivity contribution < 1.29 is 4.79 Å². The van der Waals surface area contributed by atoms with E-state index >= 15 is 0 Å². The van der Waals surface area contributed by atoms with E-state index in [1.54, 1.807) is 0 Å². The van der Waals surface area contributed by atoms with E-state index in [0.29, 0.717) is 18.4 Å². The van der Waals surface area contributed by atoms with Crippen molar-refractivity contribution in [3.63, 3.8) is 0 Å². The van der Waals surface area contributed by atoms with Gasteiger partial charge in [0.2, 0.25) is 5.91 Å². The SMILES string of the molecule is Cc1cnn([C@@H](C)C2CC2)c1NC(=O)Cc1c(C)nc2ccccn12. The number of pyridine rings is 1. The molecule has 3 aromatic heterocycles. The third kappa shape index (κ3) is 2.92. The standard InChI is InChI=1S/C19H23N5O/c1-12-11-20-24(14(3)15-7-8-15)19(12)22-18(25)10-16-13(2)21-17-6-4-5-9-23(16)17/h4-6,9,11,14-15H,7-8,10H2,1-3H3,(H,22,25)/t14-/m0/s1. The topological polar surface area (TPSA) is 64.2 Å². The quantitative estimate of drug-likeness (QED) is 0.777. The highest BCUT2D eigenvalue weighted by atomic mass is 16.1. The zero-order valence-electron chi connectivity index (χ0n) is 14.9. The maximum atomic E-state index is 12.7. The minimum Gasteiger partial charge on any atom is -0.310 e. The summed E-state index contributed by atoms with van der Waals surface area (Å²) >= 11 is 0. The summed E-state index contributed by atoms with van der Waals surface area (Å²) in [6.07, 6.45) is 6.55. The van der Waals surface area contributed by atoms with Gasteiger partial charge in [-0.25, -0.2) is 9.67 Å². The first-order valence-corrected chi connectivity index (χ1v) is 8.81. The first kappa shape index (κ1) is 15.9. The Kier molecular flexibility index (Phi) is 3.82. The smallest absolute Gasteiger partial charge is 0.231 e. The molecule has 3 aromatic rings. The first-order valence-electron chi connectivity index (χ1n) is 8.81. The largest absolute Gasteiger partial charge is 0.310 e. The number of anilines is 1. The Morgan fingerprint density at radius 3 is 2.92 bits per heavy atom. The van der Waals surface area contributed by atoms with Crippen molar-refractivity contribution in [2.24, 2.45) is 5.92 Å². The molecule has 1 amide bonds. The van der Waals surface area contributed by atoms with Crippen LogP contribution in [-0.4, -0.2) is 25.1 Å². The zero-order valence-corrected chi connectivity index (χ0v) is 14.9. The molecule has 25 heavy (non-hydrogen) atoms. The van der Waals surface area contributed by atoms with Crippen LogP contribution in [0.2, 0.25) is 0 Å². The molecule has 1 N–H and O–H groups in total. The van der Waals surface area contributed by atoms with Crippen LogP contribution in [0, 0.1) is 19.8 Å². The molecule has 130 valence electrons. The van der Waals surface area contributed by atoms with Gasteiger partial charge in [-0.2, -0.15) is 5.10 Å². The second-order valence-corrected chi connectivity index (χ2v) is 7.00. The normalized spacial score (nSPS) is 15.5. The van der Waals surface area contributed by atoms with Crippen molar-refractivity contribution in [2.45, 2.75) is 46.1 Å². The Bertz CT molecular complexity index is 935. The third-order valence-corrected chi connectivity index (χ3v) is 5.08. The molecule has 6 nitrogen and oxygen atoms in total. The lowest BCUT2D eigenvalue weighted by Gasteiger charge is -2.16. The first-order chi connectivity index (χ1) is 12.0. The van der Waals surface area contributed by atoms with Crippen LogP contribution in [0.15, 0.2) is 30.6 Å². The van der Waals surface area contributed by atoms with Gasteiger partial charge in [-0.3, -0.25) is 4.79 Å². The van der Waals surface area contributed by atoms with Gasteiger partial charge in [0.25, 0.3) is 0 Å². The van der Waals surface area contributed by atoms with Crippen LogP contribution in [-0.2, 0) is 11.2 Å². The Labute approximate surface area is 146 Å². The number of imidazole rings is 1. The van der Waals surface area contributed by atoms with Gasteiger partial charge in [-0.05, 0) is 51.7 Å². The number of aromatic nitrogens is 4. The van der Waals surface area contributed by atoms with Gasteiger partial charge in [-0.15, -0.1) is 0 Å². The highest BCUT2D eigenvalue weighted by Crippen LogP contribution is 2.40. The molecule has 0 unspecified atom stereocenters. The van der Waals surface area contributed by atoms with Gasteiger partial charge >= 0.3 is 0 Å². The van der Waals surface area contributed by atoms with Crippen molar-refractivity contribution in [2.75, 3.05) is 5.32 Å². The summed E-state index contributed by atoms with van der Waals surface area (Å²) in [4.78, 5) is 17.2. The van der Waals surface area contributed by atoms with Crippen LogP contribution in [0.1, 0.15) is 42.8 Å². The second kappa shape index (κ2) is 6.02. The number of fused-ring (bicyclic) bond motifs is 1. The minimum atomic E-state index is -0.0402. The van der Waals surface area contributed by atoms with E-state index < -0.39 is 0 Å². The predicted molar refractivity (Wildman–Crippen MR) is 96.7 cm³/mol. The number of carbonyl (C=O) groups is 1. The molecule has 0 radical (unpaired) electrons. The fraction of sp³-hybridized carbons (Fsp3) is 0.421. The molecular formula is C19H23N5O. The van der Waals surface area contributed by atoms with Crippen molar-refractivity contribution in [1.82, 2.24) is 19.2 Å². The molecule has 4 rings (SSSR count). The number of aryl methyl sites for hydroxylation is 2. The lowest BCUT2D eigenvalue weighted by molar-refractivity contribution is -0.115. The average molecular weight is 337 g/mol. The molecule has 0 aliphatic heterocycles. The van der Waals surface area contributed by atoms with E-state index in [1.165, 1.54) is 12.8 Å². The summed E-state index contributed by atoms with van der Waals surface area (Å²) in [6, 6.07) is 6.17. The van der Waals surface area contributed by atoms with E-state index in [9.17, 15) is 4.79 Å². The van der Waals surface area contributed by atoms with Crippen LogP contribution in [0.4, 0.5) is 5.82 Å². The fourth-order valence-electron chi connectivity index (χ4n) is 3.40. The highest BCUT2D eigenvalue weighted by Gasteiger charge is 2.31. The van der Waals surface area contributed by atoms with E-state index in [4.69, 9.17) is 0 Å². The Balaban J connectivity index is 1.56. The van der Waals surface area contributed by atoms with Crippen molar-refractivity contribution in [3.05, 3.63) is 47.5 Å². The number of hydrogen-bond acceptors (Lipinski definition) is 3. The molecule has 1 aliphatic rings. The van der Waals surface area contributed by atoms with Gasteiger partial charge < -0.3 is 9.72 Å². The molecule has 1 atom stereocenters. The molecule has 0 aromatic carbocycles. The number of carbonyl (C=O) groups excluding carboxylic acids is 1. The van der Waals surface area contributed by atoms with E-state index in [0.717, 1.165) is 28.4 Å². The summed E-state index contributed by atoms with van der Waals surface area (Å²) in [5.41, 5.74) is 3.67. The minimum absolute atomic E-state index is 0.0402. The average Bonchev–Trinajstić information content (AvgIpc) is 3.32. The van der Waals surface area contributed by atoms with E-state index in [2.05, 4.69) is 22.3 Å². The van der Waals surface area contributed by atoms with Gasteiger partial charge in [0.05, 0.1) is 30.0 Å². The number of hydrogen-bond donors (Lipinski definition) is 1. The monoisotopic (exact) mass is 337 g/mol. The molecule has 0 saturated heterocycles. The van der Waals surface area contributed by atoms with Crippen LogP contribution in [0.5, 0.6) is 0 Å². The molecule has 6 heteroatoms. The molecule has 1 aliphatic carbocycles. The molecule has 0 bridgehead atoms. The third-order valence-electron chi connectivity index (χ3n) is 5.08. The lowest BCUT2D eigenvalue weighted by atomic mass is 10.2. The van der Waals surface area contributed by atoms with Crippen LogP contribution in [0.25, 0.3) is 5.65 Å². The Morgan fingerprint density at radius 2 is 2.16 bits per heavy atom. The molecule has 1 saturated carbocycles. The van der Waals surface area contributed by atoms with Gasteiger partial charge in [-0.1, -0.05) is 6.07 Å². The van der Waals surface area contributed by atoms with E-state index in [1.807, 2.05) is 53.5 Å². The van der Waals surface area contributed by atoms with Crippen molar-refractivity contribution in [1.29, 1.82) is 0 Å². The van der Waals surface area contributed by atoms with Gasteiger partial charge in [0.15, 0.2) is 0 Å². The summed E-state index contributed by atoms with van der Waals surface area (Å²) < 4.78 is 3.94. The number of nitrogens with one attached hydrogen (secondary N) is 1. The van der Waals surface area contributed by atoms with Gasteiger partial charge in [0.1, 0.15) is 11.5 Å². The molecule has 3 heterocycles. The predicted octanol–water partition coefficient (Wildman–Crippen LogP) is 3.30. The summed E-state index contributed by atoms with van der Waals surface area (Å²) in [5, 5.41) is 7.55. The molecular weight excluding hydrogens is 314 g/mol. The summed E-state index contributed by atoms with van der Waals surface area (Å²) in [6.45, 7) is 6.10. The maximum Gasteiger partial charge on any atom is 0.231 e. The maximum absolute atomic E-state index is 12.7. The number of nitrogens with zero attached hydrogens (tertiary/aromatic N) is 4. The van der Waals surface area contributed by atoms with Crippen LogP contribution < -0.4 is 5.32 Å². The van der Waals surface area contributed by atoms with Gasteiger partial charge in [0, 0.05) is 11.8 Å². The molecule has 1 fully saturated rings. The van der Waals surface area contributed by atoms with Crippen molar-refractivity contribution in [3.8, 4) is 0 Å². The highest BCUT2D eigenvalue weighted by molar-refractivity contribution is 5.92. The van der Waals surface area contributed by atoms with E-state index in [-0.39, 0.29) is 5.91 Å². The fourth-order valence-corrected chi connectivity index (χ4v) is 3.40. The molecule has 0 spiro atoms. The number of rotatable bonds is 5. The second-order valence-electron chi connectivity index (χ2n) is 7.00. The van der Waals surface area contributed by atoms with Crippen molar-refractivity contribution >= 4 is 17.4 Å². The Morgan fingerprint density at radius 1 is 1.36 bits per heavy atom. The Hall–Kier alpha value is -2.63. The van der Waals surface area contributed by atoms with Crippen LogP contribution in [0.3, 0.4) is 0 Å². The van der Waals surface area contributed by atoms with Crippen LogP contribution >= 0.6 is 0 Å². The lowest BCUT2D eigenvalue weighted by Crippen LogP contribution is -2.21. The zero-order chi connectivity index (χ0) is 17.6. The summed E-state index contributed by atoms with van der Waals surface area (Å²) in [5.74, 6) is 1.45. The summed E-state index contributed by atoms with van der Waals surface area (Å²) in [7, 11) is 0.